The van der Waals surface area contributed by atoms with Crippen molar-refractivity contribution in [2.24, 2.45) is 4.99 Å². The lowest BCUT2D eigenvalue weighted by Crippen LogP contribution is -2.38. The maximum absolute atomic E-state index is 4.61. The lowest BCUT2D eigenvalue weighted by atomic mass is 10.2. The van der Waals surface area contributed by atoms with E-state index in [1.54, 1.807) is 0 Å². The largest absolute Gasteiger partial charge is 0.357 e. The maximum Gasteiger partial charge on any atom is 0.193 e. The molecule has 3 rings (SSSR count). The molecule has 1 aliphatic rings. The molecule has 0 amide bonds. The van der Waals surface area contributed by atoms with Gasteiger partial charge in [0.05, 0.1) is 0 Å². The van der Waals surface area contributed by atoms with Gasteiger partial charge in [-0.1, -0.05) is 40.2 Å². The number of benzene rings is 1. The predicted molar refractivity (Wildman–Crippen MR) is 111 cm³/mol. The zero-order valence-corrected chi connectivity index (χ0v) is 17.0. The van der Waals surface area contributed by atoms with Crippen LogP contribution in [0.1, 0.15) is 24.0 Å². The van der Waals surface area contributed by atoms with Crippen molar-refractivity contribution in [2.75, 3.05) is 32.1 Å². The van der Waals surface area contributed by atoms with E-state index in [4.69, 9.17) is 0 Å². The van der Waals surface area contributed by atoms with Crippen LogP contribution >= 0.6 is 15.9 Å². The van der Waals surface area contributed by atoms with Gasteiger partial charge in [0, 0.05) is 50.9 Å². The molecule has 1 aromatic heterocycles. The van der Waals surface area contributed by atoms with Crippen LogP contribution in [-0.4, -0.2) is 43.0 Å². The summed E-state index contributed by atoms with van der Waals surface area (Å²) < 4.78 is 1.11. The second-order valence-corrected chi connectivity index (χ2v) is 7.42. The molecule has 0 spiro atoms. The number of anilines is 1. The molecule has 0 aliphatic carbocycles. The van der Waals surface area contributed by atoms with Crippen LogP contribution in [0.3, 0.4) is 0 Å². The number of nitrogens with one attached hydrogen (secondary N) is 1. The molecule has 6 heteroatoms. The fourth-order valence-corrected chi connectivity index (χ4v) is 3.59. The second kappa shape index (κ2) is 9.03. The predicted octanol–water partition coefficient (Wildman–Crippen LogP) is 3.65. The fourth-order valence-electron chi connectivity index (χ4n) is 3.18. The molecule has 2 heterocycles. The summed E-state index contributed by atoms with van der Waals surface area (Å²) in [6.07, 6.45) is 4.50. The number of hydrogen-bond acceptors (Lipinski definition) is 3. The van der Waals surface area contributed by atoms with Gasteiger partial charge in [-0.2, -0.15) is 0 Å². The minimum atomic E-state index is 0.709. The van der Waals surface area contributed by atoms with Crippen LogP contribution in [-0.2, 0) is 13.1 Å². The number of hydrogen-bond donors (Lipinski definition) is 1. The summed E-state index contributed by atoms with van der Waals surface area (Å²) in [4.78, 5) is 13.5. The highest BCUT2D eigenvalue weighted by atomic mass is 79.9. The highest BCUT2D eigenvalue weighted by molar-refractivity contribution is 9.10. The molecule has 0 unspecified atom stereocenters. The molecule has 1 saturated heterocycles. The summed E-state index contributed by atoms with van der Waals surface area (Å²) in [7, 11) is 3.86. The molecule has 1 fully saturated rings. The standard InChI is InChI=1S/C20H26BrN5/c1-22-20(25(2)15-17-7-3-4-8-18(17)21)24-14-16-9-10-19(23-13-16)26-11-5-6-12-26/h3-4,7-10,13H,5-6,11-12,14-15H2,1-2H3,(H,22,24). The van der Waals surface area contributed by atoms with Crippen LogP contribution in [0.15, 0.2) is 52.1 Å². The van der Waals surface area contributed by atoms with Crippen molar-refractivity contribution in [3.05, 3.63) is 58.2 Å². The first-order chi connectivity index (χ1) is 12.7. The minimum Gasteiger partial charge on any atom is -0.357 e. The average molecular weight is 416 g/mol. The SMILES string of the molecule is CN=C(NCc1ccc(N2CCCC2)nc1)N(C)Cc1ccccc1Br. The molecular weight excluding hydrogens is 390 g/mol. The van der Waals surface area contributed by atoms with Gasteiger partial charge in [-0.05, 0) is 36.1 Å². The topological polar surface area (TPSA) is 43.8 Å². The normalized spacial score (nSPS) is 14.6. The van der Waals surface area contributed by atoms with Gasteiger partial charge in [0.15, 0.2) is 5.96 Å². The Labute approximate surface area is 164 Å². The third-order valence-electron chi connectivity index (χ3n) is 4.63. The summed E-state index contributed by atoms with van der Waals surface area (Å²) in [6.45, 7) is 3.74. The van der Waals surface area contributed by atoms with E-state index < -0.39 is 0 Å². The van der Waals surface area contributed by atoms with E-state index in [1.807, 2.05) is 26.4 Å². The average Bonchev–Trinajstić information content (AvgIpc) is 3.19. The van der Waals surface area contributed by atoms with Gasteiger partial charge in [-0.15, -0.1) is 0 Å². The van der Waals surface area contributed by atoms with E-state index in [9.17, 15) is 0 Å². The summed E-state index contributed by atoms with van der Waals surface area (Å²) in [5, 5.41) is 3.42. The van der Waals surface area contributed by atoms with E-state index >= 15 is 0 Å². The molecule has 2 aromatic rings. The van der Waals surface area contributed by atoms with Crippen molar-refractivity contribution in [1.82, 2.24) is 15.2 Å². The van der Waals surface area contributed by atoms with Gasteiger partial charge in [-0.25, -0.2) is 4.98 Å². The first-order valence-electron chi connectivity index (χ1n) is 9.02. The van der Waals surface area contributed by atoms with E-state index in [-0.39, 0.29) is 0 Å². The second-order valence-electron chi connectivity index (χ2n) is 6.57. The zero-order valence-electron chi connectivity index (χ0n) is 15.5. The Morgan fingerprint density at radius 3 is 2.65 bits per heavy atom. The zero-order chi connectivity index (χ0) is 18.4. The number of aliphatic imine (C=N–C) groups is 1. The molecule has 1 aromatic carbocycles. The lowest BCUT2D eigenvalue weighted by molar-refractivity contribution is 0.475. The van der Waals surface area contributed by atoms with Crippen molar-refractivity contribution in [3.63, 3.8) is 0 Å². The highest BCUT2D eigenvalue weighted by Gasteiger charge is 2.13. The van der Waals surface area contributed by atoms with Crippen LogP contribution in [0.2, 0.25) is 0 Å². The summed E-state index contributed by atoms with van der Waals surface area (Å²) in [5.74, 6) is 1.95. The molecule has 0 bridgehead atoms. The first kappa shape index (κ1) is 18.7. The van der Waals surface area contributed by atoms with E-state index in [1.165, 1.54) is 18.4 Å². The molecule has 138 valence electrons. The summed E-state index contributed by atoms with van der Waals surface area (Å²) >= 11 is 3.61. The molecule has 0 radical (unpaired) electrons. The van der Waals surface area contributed by atoms with Crippen molar-refractivity contribution >= 4 is 27.7 Å². The number of pyridine rings is 1. The fraction of sp³-hybridized carbons (Fsp3) is 0.400. The van der Waals surface area contributed by atoms with Crippen molar-refractivity contribution in [3.8, 4) is 0 Å². The molecule has 1 N–H and O–H groups in total. The number of halogens is 1. The molecule has 0 atom stereocenters. The Kier molecular flexibility index (Phi) is 6.50. The first-order valence-corrected chi connectivity index (χ1v) is 9.82. The van der Waals surface area contributed by atoms with Crippen LogP contribution in [0.4, 0.5) is 5.82 Å². The monoisotopic (exact) mass is 415 g/mol. The van der Waals surface area contributed by atoms with Gasteiger partial charge in [0.25, 0.3) is 0 Å². The number of guanidine groups is 1. The minimum absolute atomic E-state index is 0.709. The third kappa shape index (κ3) is 4.75. The smallest absolute Gasteiger partial charge is 0.193 e. The van der Waals surface area contributed by atoms with Gasteiger partial charge in [0.1, 0.15) is 5.82 Å². The van der Waals surface area contributed by atoms with Crippen molar-refractivity contribution < 1.29 is 0 Å². The van der Waals surface area contributed by atoms with Gasteiger partial charge in [-0.3, -0.25) is 4.99 Å². The quantitative estimate of drug-likeness (QED) is 0.597. The molecular formula is C20H26BrN5. The Hall–Kier alpha value is -2.08. The molecule has 1 aliphatic heterocycles. The maximum atomic E-state index is 4.61. The Balaban J connectivity index is 1.55. The van der Waals surface area contributed by atoms with Crippen molar-refractivity contribution in [1.29, 1.82) is 0 Å². The number of aromatic nitrogens is 1. The third-order valence-corrected chi connectivity index (χ3v) is 5.40. The van der Waals surface area contributed by atoms with Crippen LogP contribution < -0.4 is 10.2 Å². The van der Waals surface area contributed by atoms with Gasteiger partial charge >= 0.3 is 0 Å². The number of nitrogens with zero attached hydrogens (tertiary/aromatic N) is 4. The highest BCUT2D eigenvalue weighted by Crippen LogP contribution is 2.18. The summed E-state index contributed by atoms with van der Waals surface area (Å²) in [6, 6.07) is 12.5. The van der Waals surface area contributed by atoms with Gasteiger partial charge in [0.2, 0.25) is 0 Å². The summed E-state index contributed by atoms with van der Waals surface area (Å²) in [5.41, 5.74) is 2.39. The molecule has 0 saturated carbocycles. The molecule has 26 heavy (non-hydrogen) atoms. The van der Waals surface area contributed by atoms with Crippen LogP contribution in [0, 0.1) is 0 Å². The molecule has 5 nitrogen and oxygen atoms in total. The number of rotatable bonds is 5. The van der Waals surface area contributed by atoms with E-state index in [2.05, 4.69) is 71.4 Å². The van der Waals surface area contributed by atoms with E-state index in [0.717, 1.165) is 41.4 Å². The van der Waals surface area contributed by atoms with Crippen molar-refractivity contribution in [2.45, 2.75) is 25.9 Å². The Morgan fingerprint density at radius 2 is 2.00 bits per heavy atom. The van der Waals surface area contributed by atoms with Crippen LogP contribution in [0.25, 0.3) is 0 Å². The van der Waals surface area contributed by atoms with Gasteiger partial charge < -0.3 is 15.1 Å². The van der Waals surface area contributed by atoms with Crippen LogP contribution in [0.5, 0.6) is 0 Å². The van der Waals surface area contributed by atoms with E-state index in [0.29, 0.717) is 6.54 Å². The lowest BCUT2D eigenvalue weighted by Gasteiger charge is -2.23. The Morgan fingerprint density at radius 1 is 1.23 bits per heavy atom. The Bertz CT molecular complexity index is 738.